The fraction of sp³-hybridized carbons (Fsp3) is 0.429. The van der Waals surface area contributed by atoms with E-state index in [0.29, 0.717) is 10.2 Å². The van der Waals surface area contributed by atoms with Gasteiger partial charge in [0, 0.05) is 23.2 Å². The number of hydrogen-bond acceptors (Lipinski definition) is 2. The van der Waals surface area contributed by atoms with Gasteiger partial charge >= 0.3 is 18.2 Å². The zero-order valence-corrected chi connectivity index (χ0v) is 13.6. The fourth-order valence-corrected chi connectivity index (χ4v) is 2.84. The molecule has 1 aromatic carbocycles. The lowest BCUT2D eigenvalue weighted by Crippen LogP contribution is -2.35. The fourth-order valence-electron chi connectivity index (χ4n) is 2.47. The molecule has 1 saturated heterocycles. The Labute approximate surface area is 138 Å². The zero-order chi connectivity index (χ0) is 17.4. The summed E-state index contributed by atoms with van der Waals surface area (Å²) in [6, 6.07) is 4.38. The van der Waals surface area contributed by atoms with Crippen LogP contribution in [0.4, 0.5) is 23.7 Å². The number of hydrogen-bond donors (Lipinski definition) is 2. The van der Waals surface area contributed by atoms with E-state index in [1.54, 1.807) is 25.1 Å². The Kier molecular flexibility index (Phi) is 4.88. The van der Waals surface area contributed by atoms with Gasteiger partial charge in [0.15, 0.2) is 0 Å². The summed E-state index contributed by atoms with van der Waals surface area (Å²) in [6.45, 7) is 0.600. The van der Waals surface area contributed by atoms with Crippen molar-refractivity contribution in [2.24, 2.45) is 11.8 Å². The van der Waals surface area contributed by atoms with Gasteiger partial charge in [0.1, 0.15) is 0 Å². The smallest absolute Gasteiger partial charge is 0.394 e. The molecule has 0 spiro atoms. The number of carbonyl (C=O) groups excluding carboxylic acids is 1. The Bertz CT molecular complexity index is 636. The van der Waals surface area contributed by atoms with Crippen LogP contribution in [0.3, 0.4) is 0 Å². The lowest BCUT2D eigenvalue weighted by atomic mass is 9.96. The van der Waals surface area contributed by atoms with Crippen LogP contribution in [0.1, 0.15) is 5.56 Å². The monoisotopic (exact) mass is 394 g/mol. The predicted molar refractivity (Wildman–Crippen MR) is 80.1 cm³/mol. The van der Waals surface area contributed by atoms with Crippen molar-refractivity contribution in [1.82, 2.24) is 4.90 Å². The van der Waals surface area contributed by atoms with Gasteiger partial charge in [-0.1, -0.05) is 22.0 Å². The molecular formula is C14H14BrF3N2O3. The van der Waals surface area contributed by atoms with E-state index in [4.69, 9.17) is 5.11 Å². The minimum Gasteiger partial charge on any atom is -0.481 e. The van der Waals surface area contributed by atoms with Crippen LogP contribution in [0.25, 0.3) is 0 Å². The molecule has 2 amide bonds. The third-order valence-electron chi connectivity index (χ3n) is 3.79. The summed E-state index contributed by atoms with van der Waals surface area (Å²) in [5.74, 6) is -5.26. The van der Waals surface area contributed by atoms with Crippen molar-refractivity contribution in [3.05, 3.63) is 28.2 Å². The van der Waals surface area contributed by atoms with Gasteiger partial charge in [-0.05, 0) is 24.6 Å². The van der Waals surface area contributed by atoms with E-state index in [0.717, 1.165) is 10.5 Å². The normalized spacial score (nSPS) is 21.3. The molecule has 5 nitrogen and oxygen atoms in total. The quantitative estimate of drug-likeness (QED) is 0.806. The van der Waals surface area contributed by atoms with Gasteiger partial charge in [0.25, 0.3) is 0 Å². The Morgan fingerprint density at radius 3 is 2.52 bits per heavy atom. The number of aliphatic carboxylic acids is 1. The second-order valence-corrected chi connectivity index (χ2v) is 6.30. The van der Waals surface area contributed by atoms with Crippen LogP contribution in [0.15, 0.2) is 22.7 Å². The number of benzene rings is 1. The Balaban J connectivity index is 2.14. The minimum absolute atomic E-state index is 0.451. The molecule has 2 rings (SSSR count). The number of halogens is 4. The maximum absolute atomic E-state index is 12.9. The molecule has 1 fully saturated rings. The largest absolute Gasteiger partial charge is 0.481 e. The van der Waals surface area contributed by atoms with E-state index in [9.17, 15) is 22.8 Å². The average molecular weight is 395 g/mol. The van der Waals surface area contributed by atoms with Crippen molar-refractivity contribution in [2.45, 2.75) is 13.1 Å². The topological polar surface area (TPSA) is 69.6 Å². The molecule has 0 aromatic heterocycles. The molecule has 0 saturated carbocycles. The second-order valence-electron chi connectivity index (χ2n) is 5.39. The van der Waals surface area contributed by atoms with Crippen molar-refractivity contribution in [2.75, 3.05) is 18.4 Å². The molecule has 0 unspecified atom stereocenters. The molecule has 0 aliphatic carbocycles. The van der Waals surface area contributed by atoms with Gasteiger partial charge in [-0.2, -0.15) is 13.2 Å². The number of carboxylic acid groups (broad SMARTS) is 1. The molecule has 0 bridgehead atoms. The first-order valence-electron chi connectivity index (χ1n) is 6.71. The predicted octanol–water partition coefficient (Wildman–Crippen LogP) is 3.48. The third-order valence-corrected chi connectivity index (χ3v) is 4.28. The van der Waals surface area contributed by atoms with E-state index < -0.39 is 43.1 Å². The van der Waals surface area contributed by atoms with Crippen LogP contribution in [0.2, 0.25) is 0 Å². The molecule has 2 atom stereocenters. The number of carboxylic acids is 1. The summed E-state index contributed by atoms with van der Waals surface area (Å²) in [6.07, 6.45) is -4.66. The maximum atomic E-state index is 12.9. The Morgan fingerprint density at radius 1 is 1.35 bits per heavy atom. The van der Waals surface area contributed by atoms with E-state index in [1.807, 2.05) is 0 Å². The third kappa shape index (κ3) is 3.95. The maximum Gasteiger partial charge on any atom is 0.394 e. The highest BCUT2D eigenvalue weighted by Crippen LogP contribution is 2.38. The number of anilines is 1. The number of alkyl halides is 3. The molecule has 1 aromatic rings. The van der Waals surface area contributed by atoms with Crippen LogP contribution < -0.4 is 5.32 Å². The summed E-state index contributed by atoms with van der Waals surface area (Å²) >= 11 is 3.24. The van der Waals surface area contributed by atoms with Crippen LogP contribution in [0, 0.1) is 18.8 Å². The Morgan fingerprint density at radius 2 is 2.00 bits per heavy atom. The highest BCUT2D eigenvalue weighted by atomic mass is 79.9. The Hall–Kier alpha value is -1.77. The molecule has 1 aliphatic heterocycles. The van der Waals surface area contributed by atoms with Crippen molar-refractivity contribution in [3.8, 4) is 0 Å². The van der Waals surface area contributed by atoms with Crippen molar-refractivity contribution in [1.29, 1.82) is 0 Å². The van der Waals surface area contributed by atoms with Crippen molar-refractivity contribution in [3.63, 3.8) is 0 Å². The van der Waals surface area contributed by atoms with E-state index in [-0.39, 0.29) is 0 Å². The van der Waals surface area contributed by atoms with Crippen LogP contribution in [-0.4, -0.2) is 41.3 Å². The highest BCUT2D eigenvalue weighted by molar-refractivity contribution is 9.10. The number of rotatable bonds is 2. The van der Waals surface area contributed by atoms with Gasteiger partial charge in [-0.25, -0.2) is 4.79 Å². The summed E-state index contributed by atoms with van der Waals surface area (Å²) in [5, 5.41) is 11.5. The summed E-state index contributed by atoms with van der Waals surface area (Å²) < 4.78 is 39.5. The molecule has 0 radical (unpaired) electrons. The second kappa shape index (κ2) is 6.38. The first kappa shape index (κ1) is 17.6. The highest BCUT2D eigenvalue weighted by Gasteiger charge is 2.53. The number of nitrogens with zero attached hydrogens (tertiary/aromatic N) is 1. The molecule has 23 heavy (non-hydrogen) atoms. The van der Waals surface area contributed by atoms with E-state index in [2.05, 4.69) is 21.2 Å². The van der Waals surface area contributed by atoms with Gasteiger partial charge < -0.3 is 15.3 Å². The number of amides is 2. The number of nitrogens with one attached hydrogen (secondary N) is 1. The lowest BCUT2D eigenvalue weighted by Gasteiger charge is -2.19. The van der Waals surface area contributed by atoms with Gasteiger partial charge in [-0.3, -0.25) is 4.79 Å². The standard InChI is InChI=1S/C14H14BrF3N2O3/c1-7-2-3-8(15)4-11(7)19-13(23)20-5-9(12(21)22)10(6-20)14(16,17)18/h2-4,9-10H,5-6H2,1H3,(H,19,23)(H,21,22)/t9-,10-/m1/s1. The van der Waals surface area contributed by atoms with Crippen molar-refractivity contribution < 1.29 is 27.9 Å². The number of carbonyl (C=O) groups is 2. The van der Waals surface area contributed by atoms with Crippen LogP contribution >= 0.6 is 15.9 Å². The van der Waals surface area contributed by atoms with Crippen LogP contribution in [-0.2, 0) is 4.79 Å². The summed E-state index contributed by atoms with van der Waals surface area (Å²) in [5.41, 5.74) is 1.19. The van der Waals surface area contributed by atoms with Gasteiger partial charge in [0.2, 0.25) is 0 Å². The van der Waals surface area contributed by atoms with E-state index >= 15 is 0 Å². The molecular weight excluding hydrogens is 381 g/mol. The summed E-state index contributed by atoms with van der Waals surface area (Å²) in [7, 11) is 0. The first-order chi connectivity index (χ1) is 10.6. The molecule has 2 N–H and O–H groups in total. The summed E-state index contributed by atoms with van der Waals surface area (Å²) in [4.78, 5) is 24.1. The molecule has 126 valence electrons. The molecule has 1 heterocycles. The molecule has 1 aliphatic rings. The van der Waals surface area contributed by atoms with Gasteiger partial charge in [0.05, 0.1) is 11.8 Å². The number of urea groups is 1. The van der Waals surface area contributed by atoms with Crippen molar-refractivity contribution >= 4 is 33.6 Å². The van der Waals surface area contributed by atoms with E-state index in [1.165, 1.54) is 0 Å². The number of likely N-dealkylation sites (tertiary alicyclic amines) is 1. The minimum atomic E-state index is -4.66. The first-order valence-corrected chi connectivity index (χ1v) is 7.50. The van der Waals surface area contributed by atoms with Gasteiger partial charge in [-0.15, -0.1) is 0 Å². The average Bonchev–Trinajstić information content (AvgIpc) is 2.88. The number of aryl methyl sites for hydroxylation is 1. The SMILES string of the molecule is Cc1ccc(Br)cc1NC(=O)N1C[C@@H](C(F)(F)F)[C@H](C(=O)O)C1. The lowest BCUT2D eigenvalue weighted by molar-refractivity contribution is -0.187. The zero-order valence-electron chi connectivity index (χ0n) is 12.0. The van der Waals surface area contributed by atoms with Crippen LogP contribution in [0.5, 0.6) is 0 Å². The molecule has 9 heteroatoms.